The summed E-state index contributed by atoms with van der Waals surface area (Å²) in [7, 11) is 0. The van der Waals surface area contributed by atoms with E-state index in [1.54, 1.807) is 18.2 Å². The van der Waals surface area contributed by atoms with E-state index in [4.69, 9.17) is 14.8 Å². The van der Waals surface area contributed by atoms with Crippen LogP contribution in [0.15, 0.2) is 40.7 Å². The lowest BCUT2D eigenvalue weighted by atomic mass is 10.2. The average molecular weight is 189 g/mol. The van der Waals surface area contributed by atoms with Crippen LogP contribution in [0.1, 0.15) is 5.56 Å². The summed E-state index contributed by atoms with van der Waals surface area (Å²) in [6.07, 6.45) is 7.37. The Labute approximate surface area is 80.4 Å². The van der Waals surface area contributed by atoms with Gasteiger partial charge in [-0.1, -0.05) is 12.2 Å². The quantitative estimate of drug-likeness (QED) is 0.447. The van der Waals surface area contributed by atoms with Gasteiger partial charge in [0.05, 0.1) is 12.5 Å². The maximum atomic E-state index is 10.4. The Hall–Kier alpha value is -2.28. The second kappa shape index (κ2) is 4.67. The molecule has 1 rings (SSSR count). The summed E-state index contributed by atoms with van der Waals surface area (Å²) in [6, 6.07) is 3.29. The third-order valence-corrected chi connectivity index (χ3v) is 1.45. The fraction of sp³-hybridized carbons (Fsp3) is 0. The zero-order valence-corrected chi connectivity index (χ0v) is 7.18. The predicted molar refractivity (Wildman–Crippen MR) is 49.1 cm³/mol. The van der Waals surface area contributed by atoms with Crippen LogP contribution >= 0.6 is 0 Å². The maximum Gasteiger partial charge on any atom is 0.346 e. The summed E-state index contributed by atoms with van der Waals surface area (Å²) in [6.45, 7) is 0. The number of hydrogen-bond acceptors (Lipinski definition) is 3. The molecule has 0 saturated carbocycles. The Morgan fingerprint density at radius 3 is 2.93 bits per heavy atom. The summed E-state index contributed by atoms with van der Waals surface area (Å²) in [5.74, 6) is -1.23. The molecule has 0 aliphatic carbocycles. The summed E-state index contributed by atoms with van der Waals surface area (Å²) in [5.41, 5.74) is 0.508. The van der Waals surface area contributed by atoms with Crippen molar-refractivity contribution in [2.75, 3.05) is 0 Å². The molecule has 0 bridgehead atoms. The van der Waals surface area contributed by atoms with Gasteiger partial charge in [-0.15, -0.1) is 0 Å². The molecule has 1 heterocycles. The van der Waals surface area contributed by atoms with Crippen molar-refractivity contribution in [1.82, 2.24) is 0 Å². The number of hydrogen-bond donors (Lipinski definition) is 1. The number of carbonyl (C=O) groups is 1. The fourth-order valence-electron chi connectivity index (χ4n) is 0.782. The molecule has 4 nitrogen and oxygen atoms in total. The van der Waals surface area contributed by atoms with E-state index in [-0.39, 0.29) is 5.57 Å². The van der Waals surface area contributed by atoms with Crippen LogP contribution in [0, 0.1) is 11.3 Å². The summed E-state index contributed by atoms with van der Waals surface area (Å²) < 4.78 is 4.79. The van der Waals surface area contributed by atoms with E-state index in [9.17, 15) is 4.79 Å². The second-order valence-corrected chi connectivity index (χ2v) is 2.41. The number of nitriles is 1. The highest BCUT2D eigenvalue weighted by molar-refractivity contribution is 5.91. The molecule has 0 unspecified atom stereocenters. The molecule has 0 atom stereocenters. The minimum atomic E-state index is -1.23. The largest absolute Gasteiger partial charge is 0.477 e. The molecule has 0 radical (unpaired) electrons. The fourth-order valence-corrected chi connectivity index (χ4v) is 0.782. The molecule has 1 aromatic heterocycles. The van der Waals surface area contributed by atoms with E-state index in [1.165, 1.54) is 24.7 Å². The molecular formula is C10H7NO3. The van der Waals surface area contributed by atoms with E-state index < -0.39 is 5.97 Å². The SMILES string of the molecule is N#C/C(=C\C=C\c1ccoc1)C(=O)O. The van der Waals surface area contributed by atoms with Crippen molar-refractivity contribution < 1.29 is 14.3 Å². The first-order chi connectivity index (χ1) is 6.74. The highest BCUT2D eigenvalue weighted by atomic mass is 16.4. The van der Waals surface area contributed by atoms with Crippen LogP contribution < -0.4 is 0 Å². The molecule has 0 aliphatic heterocycles. The topological polar surface area (TPSA) is 74.2 Å². The van der Waals surface area contributed by atoms with Crippen LogP contribution in [0.25, 0.3) is 6.08 Å². The smallest absolute Gasteiger partial charge is 0.346 e. The molecule has 0 saturated heterocycles. The molecule has 0 spiro atoms. The van der Waals surface area contributed by atoms with Gasteiger partial charge in [-0.05, 0) is 12.1 Å². The van der Waals surface area contributed by atoms with E-state index in [0.717, 1.165) is 5.56 Å². The van der Waals surface area contributed by atoms with Crippen LogP contribution in [-0.2, 0) is 4.79 Å². The van der Waals surface area contributed by atoms with Gasteiger partial charge in [-0.3, -0.25) is 0 Å². The second-order valence-electron chi connectivity index (χ2n) is 2.41. The number of allylic oxidation sites excluding steroid dienone is 2. The molecular weight excluding hydrogens is 182 g/mol. The van der Waals surface area contributed by atoms with Gasteiger partial charge < -0.3 is 9.52 Å². The number of carboxylic acids is 1. The number of carboxylic acid groups (broad SMARTS) is 1. The lowest BCUT2D eigenvalue weighted by Crippen LogP contribution is -1.96. The summed E-state index contributed by atoms with van der Waals surface area (Å²) >= 11 is 0. The predicted octanol–water partition coefficient (Wildman–Crippen LogP) is 1.83. The monoisotopic (exact) mass is 189 g/mol. The molecule has 0 amide bonds. The van der Waals surface area contributed by atoms with Crippen molar-refractivity contribution in [3.8, 4) is 6.07 Å². The maximum absolute atomic E-state index is 10.4. The Morgan fingerprint density at radius 2 is 2.43 bits per heavy atom. The molecule has 70 valence electrons. The van der Waals surface area contributed by atoms with Crippen LogP contribution in [0.2, 0.25) is 0 Å². The highest BCUT2D eigenvalue weighted by Crippen LogP contribution is 2.03. The van der Waals surface area contributed by atoms with Crippen molar-refractivity contribution in [2.45, 2.75) is 0 Å². The summed E-state index contributed by atoms with van der Waals surface area (Å²) in [4.78, 5) is 10.4. The summed E-state index contributed by atoms with van der Waals surface area (Å²) in [5, 5.41) is 16.9. The minimum absolute atomic E-state index is 0.301. The lowest BCUT2D eigenvalue weighted by Gasteiger charge is -1.84. The van der Waals surface area contributed by atoms with Gasteiger partial charge in [0.1, 0.15) is 11.6 Å². The lowest BCUT2D eigenvalue weighted by molar-refractivity contribution is -0.132. The molecule has 4 heteroatoms. The first-order valence-electron chi connectivity index (χ1n) is 3.78. The van der Waals surface area contributed by atoms with Gasteiger partial charge in [0.2, 0.25) is 0 Å². The average Bonchev–Trinajstić information content (AvgIpc) is 2.64. The van der Waals surface area contributed by atoms with Crippen molar-refractivity contribution in [3.63, 3.8) is 0 Å². The zero-order chi connectivity index (χ0) is 10.4. The van der Waals surface area contributed by atoms with Gasteiger partial charge in [0, 0.05) is 5.56 Å². The molecule has 0 fully saturated rings. The van der Waals surface area contributed by atoms with Gasteiger partial charge in [-0.25, -0.2) is 4.79 Å². The van der Waals surface area contributed by atoms with Gasteiger partial charge in [-0.2, -0.15) is 5.26 Å². The van der Waals surface area contributed by atoms with E-state index in [0.29, 0.717) is 0 Å². The number of rotatable bonds is 3. The van der Waals surface area contributed by atoms with Crippen LogP contribution in [0.5, 0.6) is 0 Å². The Balaban J connectivity index is 2.71. The van der Waals surface area contributed by atoms with Crippen molar-refractivity contribution in [2.24, 2.45) is 0 Å². The van der Waals surface area contributed by atoms with Gasteiger partial charge in [0.25, 0.3) is 0 Å². The molecule has 1 N–H and O–H groups in total. The van der Waals surface area contributed by atoms with Gasteiger partial charge >= 0.3 is 5.97 Å². The van der Waals surface area contributed by atoms with Crippen molar-refractivity contribution in [3.05, 3.63) is 41.9 Å². The Bertz CT molecular complexity index is 407. The standard InChI is InChI=1S/C10H7NO3/c11-6-9(10(12)13)3-1-2-8-4-5-14-7-8/h1-5,7H,(H,12,13)/b2-1+,9-3+. The van der Waals surface area contributed by atoms with E-state index in [1.807, 2.05) is 0 Å². The van der Waals surface area contributed by atoms with Crippen LogP contribution in [0.4, 0.5) is 0 Å². The van der Waals surface area contributed by atoms with Crippen molar-refractivity contribution >= 4 is 12.0 Å². The zero-order valence-electron chi connectivity index (χ0n) is 7.18. The number of furan rings is 1. The number of nitrogens with zero attached hydrogens (tertiary/aromatic N) is 1. The third-order valence-electron chi connectivity index (χ3n) is 1.45. The van der Waals surface area contributed by atoms with E-state index >= 15 is 0 Å². The van der Waals surface area contributed by atoms with Gasteiger partial charge in [0.15, 0.2) is 0 Å². The molecule has 14 heavy (non-hydrogen) atoms. The third kappa shape index (κ3) is 2.64. The first kappa shape index (κ1) is 9.81. The normalized spacial score (nSPS) is 11.5. The van der Waals surface area contributed by atoms with E-state index in [2.05, 4.69) is 0 Å². The molecule has 0 aliphatic rings. The Kier molecular flexibility index (Phi) is 3.27. The highest BCUT2D eigenvalue weighted by Gasteiger charge is 2.02. The van der Waals surface area contributed by atoms with Crippen LogP contribution in [-0.4, -0.2) is 11.1 Å². The van der Waals surface area contributed by atoms with Crippen molar-refractivity contribution in [1.29, 1.82) is 5.26 Å². The first-order valence-corrected chi connectivity index (χ1v) is 3.78. The molecule has 0 aromatic carbocycles. The molecule has 1 aromatic rings. The number of aliphatic carboxylic acids is 1. The van der Waals surface area contributed by atoms with Crippen LogP contribution in [0.3, 0.4) is 0 Å². The minimum Gasteiger partial charge on any atom is -0.477 e. The Morgan fingerprint density at radius 1 is 1.64 bits per heavy atom.